The first kappa shape index (κ1) is 14.3. The topological polar surface area (TPSA) is 84.2 Å². The second-order valence-corrected chi connectivity index (χ2v) is 5.95. The van der Waals surface area contributed by atoms with Crippen molar-refractivity contribution in [1.29, 1.82) is 0 Å². The molecule has 2 aromatic carbocycles. The molecule has 0 aromatic heterocycles. The van der Waals surface area contributed by atoms with Gasteiger partial charge in [-0.2, -0.15) is 0 Å². The molecular formula is C13H14FN3O2S. The average Bonchev–Trinajstić information content (AvgIpc) is 2.43. The van der Waals surface area contributed by atoms with Gasteiger partial charge in [-0.05, 0) is 37.4 Å². The van der Waals surface area contributed by atoms with E-state index in [1.807, 2.05) is 0 Å². The number of nitrogen functional groups attached to an aromatic ring is 1. The molecule has 2 rings (SSSR count). The van der Waals surface area contributed by atoms with E-state index in [2.05, 4.69) is 10.0 Å². The van der Waals surface area contributed by atoms with Crippen molar-refractivity contribution < 1.29 is 12.8 Å². The number of benzene rings is 2. The maximum Gasteiger partial charge on any atom is 0.240 e. The van der Waals surface area contributed by atoms with Crippen LogP contribution in [-0.4, -0.2) is 15.5 Å². The van der Waals surface area contributed by atoms with Gasteiger partial charge in [0.1, 0.15) is 5.82 Å². The lowest BCUT2D eigenvalue weighted by atomic mass is 10.2. The number of hydrogen-bond donors (Lipinski definition) is 3. The SMILES string of the molecule is CNS(=O)(=O)c1ccc(N)c(Nc2ccccc2F)c1. The number of sulfonamides is 1. The third kappa shape index (κ3) is 2.89. The van der Waals surface area contributed by atoms with Crippen molar-refractivity contribution in [3.8, 4) is 0 Å². The predicted molar refractivity (Wildman–Crippen MR) is 76.8 cm³/mol. The molecule has 0 amide bonds. The number of nitrogens with one attached hydrogen (secondary N) is 2. The van der Waals surface area contributed by atoms with E-state index in [-0.39, 0.29) is 10.6 Å². The fourth-order valence-corrected chi connectivity index (χ4v) is 2.39. The van der Waals surface area contributed by atoms with Gasteiger partial charge in [-0.1, -0.05) is 12.1 Å². The Balaban J connectivity index is 2.42. The van der Waals surface area contributed by atoms with Gasteiger partial charge in [0.2, 0.25) is 10.0 Å². The van der Waals surface area contributed by atoms with Crippen molar-refractivity contribution in [3.05, 3.63) is 48.3 Å². The summed E-state index contributed by atoms with van der Waals surface area (Å²) in [6.45, 7) is 0. The lowest BCUT2D eigenvalue weighted by molar-refractivity contribution is 0.588. The molecule has 0 aliphatic heterocycles. The van der Waals surface area contributed by atoms with Crippen LogP contribution >= 0.6 is 0 Å². The van der Waals surface area contributed by atoms with Crippen molar-refractivity contribution in [2.24, 2.45) is 0 Å². The molecule has 0 fully saturated rings. The fraction of sp³-hybridized carbons (Fsp3) is 0.0769. The van der Waals surface area contributed by atoms with Crippen molar-refractivity contribution in [3.63, 3.8) is 0 Å². The molecule has 0 aliphatic rings. The average molecular weight is 295 g/mol. The molecule has 5 nitrogen and oxygen atoms in total. The van der Waals surface area contributed by atoms with Crippen LogP contribution in [0.4, 0.5) is 21.5 Å². The Morgan fingerprint density at radius 2 is 1.80 bits per heavy atom. The van der Waals surface area contributed by atoms with Crippen molar-refractivity contribution in [2.45, 2.75) is 4.90 Å². The highest BCUT2D eigenvalue weighted by Crippen LogP contribution is 2.27. The van der Waals surface area contributed by atoms with Crippen molar-refractivity contribution in [1.82, 2.24) is 4.72 Å². The van der Waals surface area contributed by atoms with Gasteiger partial charge in [-0.15, -0.1) is 0 Å². The molecule has 0 unspecified atom stereocenters. The maximum atomic E-state index is 13.6. The van der Waals surface area contributed by atoms with Gasteiger partial charge in [-0.3, -0.25) is 0 Å². The summed E-state index contributed by atoms with van der Waals surface area (Å²) >= 11 is 0. The smallest absolute Gasteiger partial charge is 0.240 e. The van der Waals surface area contributed by atoms with Crippen LogP contribution in [0.3, 0.4) is 0 Å². The predicted octanol–water partition coefficient (Wildman–Crippen LogP) is 2.06. The van der Waals surface area contributed by atoms with Crippen LogP contribution in [0.5, 0.6) is 0 Å². The lowest BCUT2D eigenvalue weighted by Crippen LogP contribution is -2.18. The molecule has 0 bridgehead atoms. The third-order valence-electron chi connectivity index (χ3n) is 2.75. The van der Waals surface area contributed by atoms with Gasteiger partial charge in [0, 0.05) is 0 Å². The van der Waals surface area contributed by atoms with E-state index in [1.54, 1.807) is 12.1 Å². The van der Waals surface area contributed by atoms with Gasteiger partial charge in [-0.25, -0.2) is 17.5 Å². The molecule has 2 aromatic rings. The van der Waals surface area contributed by atoms with Gasteiger partial charge in [0.05, 0.1) is 22.0 Å². The molecule has 7 heteroatoms. The van der Waals surface area contributed by atoms with E-state index in [0.29, 0.717) is 11.4 Å². The Bertz CT molecular complexity index is 732. The summed E-state index contributed by atoms with van der Waals surface area (Å²) in [5.41, 5.74) is 6.64. The molecule has 0 atom stereocenters. The zero-order chi connectivity index (χ0) is 14.8. The largest absolute Gasteiger partial charge is 0.397 e. The minimum Gasteiger partial charge on any atom is -0.397 e. The van der Waals surface area contributed by atoms with E-state index < -0.39 is 15.8 Å². The molecule has 0 heterocycles. The van der Waals surface area contributed by atoms with Crippen LogP contribution < -0.4 is 15.8 Å². The molecule has 0 saturated heterocycles. The zero-order valence-corrected chi connectivity index (χ0v) is 11.5. The third-order valence-corrected chi connectivity index (χ3v) is 4.16. The first-order valence-corrected chi connectivity index (χ1v) is 7.27. The Hall–Kier alpha value is -2.12. The van der Waals surface area contributed by atoms with Crippen LogP contribution in [0, 0.1) is 5.82 Å². The zero-order valence-electron chi connectivity index (χ0n) is 10.7. The first-order valence-electron chi connectivity index (χ1n) is 5.78. The monoisotopic (exact) mass is 295 g/mol. The second kappa shape index (κ2) is 5.48. The molecule has 4 N–H and O–H groups in total. The van der Waals surface area contributed by atoms with Gasteiger partial charge >= 0.3 is 0 Å². The van der Waals surface area contributed by atoms with E-state index in [4.69, 9.17) is 5.73 Å². The number of halogens is 1. The number of hydrogen-bond acceptors (Lipinski definition) is 4. The van der Waals surface area contributed by atoms with E-state index in [9.17, 15) is 12.8 Å². The Morgan fingerprint density at radius 3 is 2.45 bits per heavy atom. The minimum atomic E-state index is -3.58. The Labute approximate surface area is 116 Å². The molecule has 0 aliphatic carbocycles. The quantitative estimate of drug-likeness (QED) is 0.754. The summed E-state index contributed by atoms with van der Waals surface area (Å²) in [4.78, 5) is 0.0491. The standard InChI is InChI=1S/C13H14FN3O2S/c1-16-20(18,19)9-6-7-11(15)13(8-9)17-12-5-3-2-4-10(12)14/h2-8,16-17H,15H2,1H3. The molecule has 20 heavy (non-hydrogen) atoms. The van der Waals surface area contributed by atoms with E-state index in [0.717, 1.165) is 0 Å². The Morgan fingerprint density at radius 1 is 1.10 bits per heavy atom. The van der Waals surface area contributed by atoms with Crippen LogP contribution in [0.15, 0.2) is 47.4 Å². The second-order valence-electron chi connectivity index (χ2n) is 4.06. The molecular weight excluding hydrogens is 281 g/mol. The highest BCUT2D eigenvalue weighted by molar-refractivity contribution is 7.89. The van der Waals surface area contributed by atoms with Crippen LogP contribution in [0.1, 0.15) is 0 Å². The normalized spacial score (nSPS) is 11.3. The molecule has 0 radical (unpaired) electrons. The number of nitrogens with two attached hydrogens (primary N) is 1. The van der Waals surface area contributed by atoms with Crippen LogP contribution in [0.2, 0.25) is 0 Å². The summed E-state index contributed by atoms with van der Waals surface area (Å²) in [5.74, 6) is -0.450. The van der Waals surface area contributed by atoms with E-state index in [1.165, 1.54) is 37.4 Å². The maximum absolute atomic E-state index is 13.6. The summed E-state index contributed by atoms with van der Waals surface area (Å²) < 4.78 is 39.2. The highest BCUT2D eigenvalue weighted by atomic mass is 32.2. The minimum absolute atomic E-state index is 0.0491. The number of anilines is 3. The summed E-state index contributed by atoms with van der Waals surface area (Å²) in [6, 6.07) is 10.2. The van der Waals surface area contributed by atoms with Gasteiger partial charge in [0.25, 0.3) is 0 Å². The number of rotatable bonds is 4. The van der Waals surface area contributed by atoms with Gasteiger partial charge < -0.3 is 11.1 Å². The summed E-state index contributed by atoms with van der Waals surface area (Å²) in [6.07, 6.45) is 0. The lowest BCUT2D eigenvalue weighted by Gasteiger charge is -2.12. The fourth-order valence-electron chi connectivity index (χ4n) is 1.64. The van der Waals surface area contributed by atoms with Crippen molar-refractivity contribution in [2.75, 3.05) is 18.1 Å². The molecule has 0 spiro atoms. The molecule has 106 valence electrons. The number of para-hydroxylation sites is 1. The Kier molecular flexibility index (Phi) is 3.91. The van der Waals surface area contributed by atoms with Crippen LogP contribution in [-0.2, 0) is 10.0 Å². The first-order chi connectivity index (χ1) is 9.44. The van der Waals surface area contributed by atoms with Crippen molar-refractivity contribution >= 4 is 27.1 Å². The summed E-state index contributed by atoms with van der Waals surface area (Å²) in [7, 11) is -2.26. The summed E-state index contributed by atoms with van der Waals surface area (Å²) in [5, 5.41) is 2.78. The molecule has 0 saturated carbocycles. The van der Waals surface area contributed by atoms with Crippen LogP contribution in [0.25, 0.3) is 0 Å². The van der Waals surface area contributed by atoms with E-state index >= 15 is 0 Å². The van der Waals surface area contributed by atoms with Gasteiger partial charge in [0.15, 0.2) is 0 Å². The highest BCUT2D eigenvalue weighted by Gasteiger charge is 2.13.